The fourth-order valence-corrected chi connectivity index (χ4v) is 8.37. The van der Waals surface area contributed by atoms with E-state index >= 15 is 0 Å². The number of pyridine rings is 1. The molecule has 0 N–H and O–H groups in total. The van der Waals surface area contributed by atoms with Crippen LogP contribution in [0.1, 0.15) is 0 Å². The maximum absolute atomic E-state index is 6.14. The third-order valence-electron chi connectivity index (χ3n) is 11.6. The molecule has 12 rings (SSSR count). The Kier molecular flexibility index (Phi) is 8.67. The number of furan rings is 1. The highest BCUT2D eigenvalue weighted by Crippen LogP contribution is 2.37. The molecule has 0 aliphatic carbocycles. The van der Waals surface area contributed by atoms with Gasteiger partial charge in [0.05, 0.1) is 5.39 Å². The van der Waals surface area contributed by atoms with Gasteiger partial charge < -0.3 is 4.42 Å². The first kappa shape index (κ1) is 36.2. The zero-order valence-electron chi connectivity index (χ0n) is 33.7. The molecule has 0 saturated heterocycles. The Hall–Kier alpha value is -8.68. The van der Waals surface area contributed by atoms with Gasteiger partial charge in [-0.3, -0.25) is 0 Å². The number of fused-ring (bicyclic) bond motifs is 6. The van der Waals surface area contributed by atoms with Crippen molar-refractivity contribution >= 4 is 44.1 Å². The van der Waals surface area contributed by atoms with Crippen molar-refractivity contribution in [1.29, 1.82) is 0 Å². The molecule has 0 spiro atoms. The summed E-state index contributed by atoms with van der Waals surface area (Å²) in [6.07, 6.45) is 1.74. The van der Waals surface area contributed by atoms with Gasteiger partial charge in [-0.2, -0.15) is 0 Å². The summed E-state index contributed by atoms with van der Waals surface area (Å²) >= 11 is 0. The Balaban J connectivity index is 0.817. The van der Waals surface area contributed by atoms with Crippen molar-refractivity contribution in [3.63, 3.8) is 0 Å². The summed E-state index contributed by atoms with van der Waals surface area (Å²) in [5.74, 6) is 1.90. The molecule has 4 aromatic heterocycles. The molecule has 0 atom stereocenters. The van der Waals surface area contributed by atoms with Crippen LogP contribution in [0.25, 0.3) is 123 Å². The van der Waals surface area contributed by atoms with Gasteiger partial charge in [0.1, 0.15) is 16.6 Å². The molecule has 12 aromatic rings. The van der Waals surface area contributed by atoms with E-state index < -0.39 is 0 Å². The molecule has 7 heteroatoms. The van der Waals surface area contributed by atoms with E-state index in [1.807, 2.05) is 54.6 Å². The van der Waals surface area contributed by atoms with Gasteiger partial charge >= 0.3 is 0 Å². The largest absolute Gasteiger partial charge is 0.436 e. The number of hydrogen-bond acceptors (Lipinski definition) is 7. The zero-order valence-corrected chi connectivity index (χ0v) is 33.7. The average molecular weight is 807 g/mol. The van der Waals surface area contributed by atoms with Crippen LogP contribution in [-0.4, -0.2) is 29.9 Å². The summed E-state index contributed by atoms with van der Waals surface area (Å²) in [6, 6.07) is 69.2. The van der Waals surface area contributed by atoms with Gasteiger partial charge in [0.2, 0.25) is 5.71 Å². The molecule has 0 saturated carbocycles. The van der Waals surface area contributed by atoms with Crippen LogP contribution in [0.3, 0.4) is 0 Å². The molecule has 294 valence electrons. The zero-order chi connectivity index (χ0) is 41.7. The molecule has 7 nitrogen and oxygen atoms in total. The fraction of sp³-hybridized carbons (Fsp3) is 0. The molecule has 8 aromatic carbocycles. The first-order chi connectivity index (χ1) is 31.2. The normalized spacial score (nSPS) is 11.5. The minimum atomic E-state index is 0.520. The first-order valence-electron chi connectivity index (χ1n) is 20.8. The van der Waals surface area contributed by atoms with Crippen LogP contribution in [-0.2, 0) is 0 Å². The lowest BCUT2D eigenvalue weighted by Gasteiger charge is -2.10. The summed E-state index contributed by atoms with van der Waals surface area (Å²) in [5.41, 5.74) is 15.2. The van der Waals surface area contributed by atoms with Gasteiger partial charge in [-0.15, -0.1) is 0 Å². The monoisotopic (exact) mass is 806 g/mol. The van der Waals surface area contributed by atoms with Gasteiger partial charge in [0.15, 0.2) is 23.1 Å². The number of aromatic nitrogens is 6. The molecule has 0 unspecified atom stereocenters. The molecule has 63 heavy (non-hydrogen) atoms. The topological polar surface area (TPSA) is 90.5 Å². The summed E-state index contributed by atoms with van der Waals surface area (Å²) in [4.78, 5) is 28.8. The Labute approximate surface area is 362 Å². The van der Waals surface area contributed by atoms with Gasteiger partial charge in [0.25, 0.3) is 0 Å². The molecular weight excluding hydrogens is 773 g/mol. The summed E-state index contributed by atoms with van der Waals surface area (Å²) in [7, 11) is 0. The standard InChI is InChI=1S/C56H34N6O/c1-3-9-35(10-4-1)36-20-24-41(25-21-36)53-60-52(40-11-5-2-6-12-40)61-54(62-53)42-26-22-38(23-27-42)44-14-7-13-43(33-44)37-16-18-39(19-17-37)45-28-30-47-46(34-45)29-31-49-50(47)51-56(63-49)58-48-15-8-32-57-55(48)59-51/h1-34H. The van der Waals surface area contributed by atoms with Crippen LogP contribution in [0.4, 0.5) is 0 Å². The van der Waals surface area contributed by atoms with Crippen molar-refractivity contribution < 1.29 is 4.42 Å². The van der Waals surface area contributed by atoms with Crippen LogP contribution < -0.4 is 0 Å². The van der Waals surface area contributed by atoms with E-state index in [4.69, 9.17) is 29.3 Å². The molecule has 4 heterocycles. The molecule has 0 aliphatic heterocycles. The quantitative estimate of drug-likeness (QED) is 0.158. The Bertz CT molecular complexity index is 3650. The van der Waals surface area contributed by atoms with Crippen molar-refractivity contribution in [2.24, 2.45) is 0 Å². The van der Waals surface area contributed by atoms with E-state index in [0.717, 1.165) is 82.9 Å². The second kappa shape index (κ2) is 15.1. The predicted molar refractivity (Wildman–Crippen MR) is 254 cm³/mol. The summed E-state index contributed by atoms with van der Waals surface area (Å²) in [6.45, 7) is 0. The van der Waals surface area contributed by atoms with E-state index in [1.165, 1.54) is 5.56 Å². The number of nitrogens with zero attached hydrogens (tertiary/aromatic N) is 6. The highest BCUT2D eigenvalue weighted by molar-refractivity contribution is 6.18. The maximum atomic E-state index is 6.14. The third kappa shape index (κ3) is 6.74. The Morgan fingerprint density at radius 3 is 1.41 bits per heavy atom. The number of hydrogen-bond donors (Lipinski definition) is 0. The smallest absolute Gasteiger partial charge is 0.247 e. The second-order valence-electron chi connectivity index (χ2n) is 15.6. The van der Waals surface area contributed by atoms with E-state index in [-0.39, 0.29) is 0 Å². The molecule has 0 aliphatic rings. The second-order valence-corrected chi connectivity index (χ2v) is 15.6. The summed E-state index contributed by atoms with van der Waals surface area (Å²) < 4.78 is 6.14. The molecular formula is C56H34N6O. The Morgan fingerprint density at radius 2 is 0.810 bits per heavy atom. The maximum Gasteiger partial charge on any atom is 0.247 e. The van der Waals surface area contributed by atoms with Gasteiger partial charge in [0, 0.05) is 22.9 Å². The molecule has 0 radical (unpaired) electrons. The van der Waals surface area contributed by atoms with Crippen LogP contribution in [0.15, 0.2) is 211 Å². The van der Waals surface area contributed by atoms with Crippen molar-refractivity contribution in [2.45, 2.75) is 0 Å². The number of rotatable bonds is 7. The predicted octanol–water partition coefficient (Wildman–Crippen LogP) is 13.9. The minimum absolute atomic E-state index is 0.520. The molecule has 0 bridgehead atoms. The van der Waals surface area contributed by atoms with Gasteiger partial charge in [-0.25, -0.2) is 29.9 Å². The highest BCUT2D eigenvalue weighted by Gasteiger charge is 2.16. The fourth-order valence-electron chi connectivity index (χ4n) is 8.37. The van der Waals surface area contributed by atoms with E-state index in [1.54, 1.807) is 6.20 Å². The molecule has 0 amide bonds. The van der Waals surface area contributed by atoms with Crippen molar-refractivity contribution in [1.82, 2.24) is 29.9 Å². The van der Waals surface area contributed by atoms with E-state index in [0.29, 0.717) is 34.4 Å². The lowest BCUT2D eigenvalue weighted by Crippen LogP contribution is -2.00. The summed E-state index contributed by atoms with van der Waals surface area (Å²) in [5, 5.41) is 3.13. The van der Waals surface area contributed by atoms with Crippen LogP contribution >= 0.6 is 0 Å². The average Bonchev–Trinajstić information content (AvgIpc) is 3.74. The molecule has 0 fully saturated rings. The van der Waals surface area contributed by atoms with Crippen LogP contribution in [0, 0.1) is 0 Å². The lowest BCUT2D eigenvalue weighted by atomic mass is 9.95. The third-order valence-corrected chi connectivity index (χ3v) is 11.6. The first-order valence-corrected chi connectivity index (χ1v) is 20.8. The minimum Gasteiger partial charge on any atom is -0.436 e. The van der Waals surface area contributed by atoms with Gasteiger partial charge in [-0.05, 0) is 85.6 Å². The lowest BCUT2D eigenvalue weighted by molar-refractivity contribution is 0.655. The van der Waals surface area contributed by atoms with Crippen molar-refractivity contribution in [2.75, 3.05) is 0 Å². The van der Waals surface area contributed by atoms with E-state index in [9.17, 15) is 0 Å². The van der Waals surface area contributed by atoms with E-state index in [2.05, 4.69) is 151 Å². The number of benzene rings is 8. The Morgan fingerprint density at radius 1 is 0.333 bits per heavy atom. The van der Waals surface area contributed by atoms with Crippen LogP contribution in [0.5, 0.6) is 0 Å². The van der Waals surface area contributed by atoms with Crippen molar-refractivity contribution in [3.8, 4) is 78.7 Å². The highest BCUT2D eigenvalue weighted by atomic mass is 16.3. The van der Waals surface area contributed by atoms with Crippen molar-refractivity contribution in [3.05, 3.63) is 206 Å². The van der Waals surface area contributed by atoms with Gasteiger partial charge in [-0.1, -0.05) is 170 Å². The SMILES string of the molecule is c1ccc(-c2ccc(-c3nc(-c4ccccc4)nc(-c4ccc(-c5cccc(-c6ccc(-c7ccc8c(ccc9oc%10nc%11cccnc%11nc%10c98)c7)cc6)c5)cc4)n3)cc2)cc1. The van der Waals surface area contributed by atoms with Crippen LogP contribution in [0.2, 0.25) is 0 Å².